The molecule has 0 spiro atoms. The van der Waals surface area contributed by atoms with Crippen LogP contribution >= 0.6 is 0 Å². The van der Waals surface area contributed by atoms with Crippen LogP contribution in [0.5, 0.6) is 0 Å². The van der Waals surface area contributed by atoms with Gasteiger partial charge in [-0.25, -0.2) is 0 Å². The van der Waals surface area contributed by atoms with Crippen molar-refractivity contribution in [3.05, 3.63) is 35.4 Å². The molecular formula is C13H18N2O2. The lowest BCUT2D eigenvalue weighted by Crippen LogP contribution is -2.50. The van der Waals surface area contributed by atoms with Crippen LogP contribution in [0, 0.1) is 0 Å². The van der Waals surface area contributed by atoms with Crippen molar-refractivity contribution in [2.75, 3.05) is 6.61 Å². The van der Waals surface area contributed by atoms with Gasteiger partial charge in [-0.05, 0) is 30.4 Å². The van der Waals surface area contributed by atoms with Gasteiger partial charge in [-0.2, -0.15) is 0 Å². The zero-order chi connectivity index (χ0) is 12.3. The molecule has 4 heteroatoms. The van der Waals surface area contributed by atoms with E-state index in [1.54, 1.807) is 0 Å². The number of rotatable bonds is 4. The Labute approximate surface area is 101 Å². The highest BCUT2D eigenvalue weighted by atomic mass is 16.3. The molecule has 0 aliphatic heterocycles. The second-order valence-corrected chi connectivity index (χ2v) is 4.51. The number of hydrogen-bond donors (Lipinski definition) is 3. The van der Waals surface area contributed by atoms with Crippen molar-refractivity contribution in [1.82, 2.24) is 5.32 Å². The van der Waals surface area contributed by atoms with Gasteiger partial charge in [0.25, 0.3) is 0 Å². The maximum atomic E-state index is 11.0. The number of amides is 1. The summed E-state index contributed by atoms with van der Waals surface area (Å²) in [7, 11) is 0. The Morgan fingerprint density at radius 1 is 1.47 bits per heavy atom. The smallest absolute Gasteiger partial charge is 0.236 e. The zero-order valence-corrected chi connectivity index (χ0v) is 9.73. The minimum absolute atomic E-state index is 0.217. The Hall–Kier alpha value is -1.39. The normalized spacial score (nSPS) is 20.6. The molecule has 1 aliphatic rings. The summed E-state index contributed by atoms with van der Waals surface area (Å²) in [6, 6.07) is 7.91. The van der Waals surface area contributed by atoms with Crippen LogP contribution in [0.15, 0.2) is 24.3 Å². The van der Waals surface area contributed by atoms with Crippen LogP contribution in [0.4, 0.5) is 0 Å². The lowest BCUT2D eigenvalue weighted by atomic mass is 9.88. The minimum Gasteiger partial charge on any atom is -0.394 e. The first-order valence-corrected chi connectivity index (χ1v) is 5.93. The average Bonchev–Trinajstić information content (AvgIpc) is 2.35. The van der Waals surface area contributed by atoms with Gasteiger partial charge in [0, 0.05) is 6.04 Å². The van der Waals surface area contributed by atoms with E-state index in [1.807, 2.05) is 12.1 Å². The molecule has 2 atom stereocenters. The van der Waals surface area contributed by atoms with Gasteiger partial charge in [0.2, 0.25) is 5.91 Å². The summed E-state index contributed by atoms with van der Waals surface area (Å²) < 4.78 is 0. The van der Waals surface area contributed by atoms with E-state index >= 15 is 0 Å². The van der Waals surface area contributed by atoms with Gasteiger partial charge in [-0.15, -0.1) is 0 Å². The molecule has 0 fully saturated rings. The average molecular weight is 234 g/mol. The maximum Gasteiger partial charge on any atom is 0.236 e. The molecule has 1 aromatic carbocycles. The first kappa shape index (κ1) is 12.1. The molecule has 0 bridgehead atoms. The number of nitrogens with one attached hydrogen (secondary N) is 1. The van der Waals surface area contributed by atoms with Gasteiger partial charge in [-0.3, -0.25) is 4.79 Å². The number of carbonyl (C=O) groups is 1. The number of hydrogen-bond acceptors (Lipinski definition) is 3. The van der Waals surface area contributed by atoms with Crippen LogP contribution in [-0.2, 0) is 17.6 Å². The van der Waals surface area contributed by atoms with E-state index < -0.39 is 11.9 Å². The number of aliphatic hydroxyl groups is 1. The van der Waals surface area contributed by atoms with Crippen LogP contribution in [0.2, 0.25) is 0 Å². The van der Waals surface area contributed by atoms with Gasteiger partial charge < -0.3 is 16.2 Å². The van der Waals surface area contributed by atoms with Gasteiger partial charge in [0.15, 0.2) is 0 Å². The van der Waals surface area contributed by atoms with E-state index in [4.69, 9.17) is 10.8 Å². The number of primary amides is 1. The van der Waals surface area contributed by atoms with Crippen LogP contribution in [0.25, 0.3) is 0 Å². The van der Waals surface area contributed by atoms with Gasteiger partial charge in [-0.1, -0.05) is 24.3 Å². The van der Waals surface area contributed by atoms with E-state index in [9.17, 15) is 4.79 Å². The third kappa shape index (κ3) is 2.84. The first-order chi connectivity index (χ1) is 8.20. The summed E-state index contributed by atoms with van der Waals surface area (Å²) >= 11 is 0. The van der Waals surface area contributed by atoms with Crippen LogP contribution in [0.1, 0.15) is 17.5 Å². The SMILES string of the molecule is NC(=O)[C@@H](CO)NC1CCc2ccccc2C1. The number of nitrogens with two attached hydrogens (primary N) is 1. The summed E-state index contributed by atoms with van der Waals surface area (Å²) in [5.74, 6) is -0.494. The second-order valence-electron chi connectivity index (χ2n) is 4.51. The molecule has 17 heavy (non-hydrogen) atoms. The summed E-state index contributed by atoms with van der Waals surface area (Å²) in [5, 5.41) is 12.2. The molecule has 0 saturated heterocycles. The summed E-state index contributed by atoms with van der Waals surface area (Å²) in [4.78, 5) is 11.0. The first-order valence-electron chi connectivity index (χ1n) is 5.93. The molecular weight excluding hydrogens is 216 g/mol. The van der Waals surface area contributed by atoms with Crippen LogP contribution in [-0.4, -0.2) is 29.7 Å². The largest absolute Gasteiger partial charge is 0.394 e. The van der Waals surface area contributed by atoms with Crippen LogP contribution < -0.4 is 11.1 Å². The van der Waals surface area contributed by atoms with Gasteiger partial charge in [0.05, 0.1) is 6.61 Å². The highest BCUT2D eigenvalue weighted by Crippen LogP contribution is 2.21. The van der Waals surface area contributed by atoms with E-state index in [0.717, 1.165) is 19.3 Å². The summed E-state index contributed by atoms with van der Waals surface area (Å²) in [5.41, 5.74) is 7.89. The topological polar surface area (TPSA) is 75.4 Å². The second kappa shape index (κ2) is 5.29. The molecule has 0 heterocycles. The monoisotopic (exact) mass is 234 g/mol. The van der Waals surface area contributed by atoms with Crippen molar-refractivity contribution in [2.45, 2.75) is 31.3 Å². The Morgan fingerprint density at radius 3 is 2.82 bits per heavy atom. The van der Waals surface area contributed by atoms with Gasteiger partial charge >= 0.3 is 0 Å². The fourth-order valence-electron chi connectivity index (χ4n) is 2.35. The minimum atomic E-state index is -0.634. The highest BCUT2D eigenvalue weighted by Gasteiger charge is 2.23. The standard InChI is InChI=1S/C13H18N2O2/c14-13(17)12(8-16)15-11-6-5-9-3-1-2-4-10(9)7-11/h1-4,11-12,15-16H,5-8H2,(H2,14,17)/t11?,12-/m1/s1. The predicted molar refractivity (Wildman–Crippen MR) is 65.5 cm³/mol. The third-order valence-corrected chi connectivity index (χ3v) is 3.31. The van der Waals surface area contributed by atoms with Crippen molar-refractivity contribution in [1.29, 1.82) is 0 Å². The molecule has 0 saturated carbocycles. The van der Waals surface area contributed by atoms with E-state index in [2.05, 4.69) is 17.4 Å². The summed E-state index contributed by atoms with van der Waals surface area (Å²) in [6.07, 6.45) is 2.87. The fourth-order valence-corrected chi connectivity index (χ4v) is 2.35. The summed E-state index contributed by atoms with van der Waals surface area (Å²) in [6.45, 7) is -0.243. The molecule has 92 valence electrons. The Balaban J connectivity index is 2.00. The number of fused-ring (bicyclic) bond motifs is 1. The van der Waals surface area contributed by atoms with Crippen LogP contribution in [0.3, 0.4) is 0 Å². The van der Waals surface area contributed by atoms with E-state index in [-0.39, 0.29) is 12.6 Å². The molecule has 1 aliphatic carbocycles. The lowest BCUT2D eigenvalue weighted by Gasteiger charge is -2.28. The molecule has 1 aromatic rings. The van der Waals surface area contributed by atoms with Gasteiger partial charge in [0.1, 0.15) is 6.04 Å². The quantitative estimate of drug-likeness (QED) is 0.685. The molecule has 4 N–H and O–H groups in total. The molecule has 2 rings (SSSR count). The Kier molecular flexibility index (Phi) is 3.76. The fraction of sp³-hybridized carbons (Fsp3) is 0.462. The van der Waals surface area contributed by atoms with E-state index in [1.165, 1.54) is 11.1 Å². The molecule has 1 unspecified atom stereocenters. The molecule has 1 amide bonds. The molecule has 0 radical (unpaired) electrons. The van der Waals surface area contributed by atoms with Crippen molar-refractivity contribution >= 4 is 5.91 Å². The number of benzene rings is 1. The number of aryl methyl sites for hydroxylation is 1. The number of carbonyl (C=O) groups excluding carboxylic acids is 1. The third-order valence-electron chi connectivity index (χ3n) is 3.31. The lowest BCUT2D eigenvalue weighted by molar-refractivity contribution is -0.121. The van der Waals surface area contributed by atoms with Crippen molar-refractivity contribution in [2.24, 2.45) is 5.73 Å². The highest BCUT2D eigenvalue weighted by molar-refractivity contribution is 5.80. The van der Waals surface area contributed by atoms with Crippen molar-refractivity contribution in [3.8, 4) is 0 Å². The van der Waals surface area contributed by atoms with Crippen molar-refractivity contribution in [3.63, 3.8) is 0 Å². The van der Waals surface area contributed by atoms with E-state index in [0.29, 0.717) is 0 Å². The molecule has 4 nitrogen and oxygen atoms in total. The zero-order valence-electron chi connectivity index (χ0n) is 9.73. The predicted octanol–water partition coefficient (Wildman–Crippen LogP) is -0.0203. The van der Waals surface area contributed by atoms with Crippen molar-refractivity contribution < 1.29 is 9.90 Å². The Morgan fingerprint density at radius 2 is 2.18 bits per heavy atom. The number of aliphatic hydroxyl groups excluding tert-OH is 1. The Bertz CT molecular complexity index is 406. The maximum absolute atomic E-state index is 11.0. The molecule has 0 aromatic heterocycles.